The number of benzene rings is 2. The van der Waals surface area contributed by atoms with E-state index in [1.807, 2.05) is 30.5 Å². The van der Waals surface area contributed by atoms with Gasteiger partial charge in [0, 0.05) is 41.9 Å². The number of rotatable bonds is 10. The van der Waals surface area contributed by atoms with Gasteiger partial charge >= 0.3 is 0 Å². The number of pyridine rings is 1. The molecule has 0 aliphatic rings. The van der Waals surface area contributed by atoms with Crippen molar-refractivity contribution in [2.75, 3.05) is 25.0 Å². The maximum Gasteiger partial charge on any atom is 0.0737 e. The van der Waals surface area contributed by atoms with E-state index in [2.05, 4.69) is 52.5 Å². The molecule has 1 heterocycles. The van der Waals surface area contributed by atoms with Gasteiger partial charge in [0.25, 0.3) is 0 Å². The van der Waals surface area contributed by atoms with Crippen LogP contribution in [0, 0.1) is 0 Å². The summed E-state index contributed by atoms with van der Waals surface area (Å²) in [5.74, 6) is 0. The second-order valence-corrected chi connectivity index (χ2v) is 7.35. The average Bonchev–Trinajstić information content (AvgIpc) is 2.69. The van der Waals surface area contributed by atoms with Gasteiger partial charge in [-0.1, -0.05) is 55.3 Å². The van der Waals surface area contributed by atoms with Crippen LogP contribution < -0.4 is 5.32 Å². The van der Waals surface area contributed by atoms with Crippen molar-refractivity contribution in [3.05, 3.63) is 71.4 Å². The van der Waals surface area contributed by atoms with Gasteiger partial charge < -0.3 is 5.32 Å². The highest BCUT2D eigenvalue weighted by molar-refractivity contribution is 6.31. The number of fused-ring (bicyclic) bond motifs is 1. The molecule has 0 bridgehead atoms. The third kappa shape index (κ3) is 5.95. The van der Waals surface area contributed by atoms with Gasteiger partial charge in [0.2, 0.25) is 0 Å². The van der Waals surface area contributed by atoms with Crippen LogP contribution in [0.5, 0.6) is 0 Å². The molecule has 0 aliphatic heterocycles. The van der Waals surface area contributed by atoms with Gasteiger partial charge in [0.15, 0.2) is 0 Å². The van der Waals surface area contributed by atoms with Crippen molar-refractivity contribution in [3.8, 4) is 0 Å². The molecule has 1 N–H and O–H groups in total. The van der Waals surface area contributed by atoms with Crippen molar-refractivity contribution in [1.29, 1.82) is 0 Å². The lowest BCUT2D eigenvalue weighted by Gasteiger charge is -2.22. The van der Waals surface area contributed by atoms with E-state index in [1.54, 1.807) is 0 Å². The molecule has 3 rings (SSSR count). The third-order valence-corrected chi connectivity index (χ3v) is 4.98. The van der Waals surface area contributed by atoms with E-state index in [1.165, 1.54) is 18.4 Å². The van der Waals surface area contributed by atoms with E-state index >= 15 is 0 Å². The Morgan fingerprint density at radius 2 is 1.81 bits per heavy atom. The second kappa shape index (κ2) is 10.3. The van der Waals surface area contributed by atoms with Crippen LogP contribution in [0.25, 0.3) is 10.9 Å². The summed E-state index contributed by atoms with van der Waals surface area (Å²) in [6, 6.07) is 18.7. The molecule has 0 atom stereocenters. The predicted octanol–water partition coefficient (Wildman–Crippen LogP) is 5.99. The first kappa shape index (κ1) is 19.7. The molecule has 1 aromatic heterocycles. The summed E-state index contributed by atoms with van der Waals surface area (Å²) in [5.41, 5.74) is 3.44. The Kier molecular flexibility index (Phi) is 7.49. The van der Waals surface area contributed by atoms with Gasteiger partial charge in [0.05, 0.1) is 5.52 Å². The summed E-state index contributed by atoms with van der Waals surface area (Å²) >= 11 is 6.07. The Hall–Kier alpha value is -2.10. The minimum atomic E-state index is 0.722. The molecule has 0 saturated carbocycles. The van der Waals surface area contributed by atoms with E-state index in [9.17, 15) is 0 Å². The Bertz CT molecular complexity index is 835. The summed E-state index contributed by atoms with van der Waals surface area (Å²) in [5, 5.41) is 5.41. The lowest BCUT2D eigenvalue weighted by molar-refractivity contribution is 0.260. The maximum absolute atomic E-state index is 6.07. The molecule has 2 aromatic carbocycles. The fraction of sp³-hybridized carbons (Fsp3) is 0.348. The van der Waals surface area contributed by atoms with Gasteiger partial charge in [-0.2, -0.15) is 0 Å². The highest BCUT2D eigenvalue weighted by Gasteiger charge is 2.06. The predicted molar refractivity (Wildman–Crippen MR) is 116 cm³/mol. The molecule has 3 nitrogen and oxygen atoms in total. The molecule has 0 unspecified atom stereocenters. The van der Waals surface area contributed by atoms with Crippen LogP contribution in [0.4, 0.5) is 5.69 Å². The number of hydrogen-bond acceptors (Lipinski definition) is 3. The molecule has 0 saturated heterocycles. The summed E-state index contributed by atoms with van der Waals surface area (Å²) in [7, 11) is 0. The number of nitrogens with zero attached hydrogens (tertiary/aromatic N) is 2. The summed E-state index contributed by atoms with van der Waals surface area (Å²) in [6.45, 7) is 6.47. The van der Waals surface area contributed by atoms with Gasteiger partial charge in [-0.15, -0.1) is 0 Å². The molecule has 4 heteroatoms. The molecule has 0 amide bonds. The van der Waals surface area contributed by atoms with Crippen molar-refractivity contribution >= 4 is 28.2 Å². The lowest BCUT2D eigenvalue weighted by atomic mass is 10.2. The number of halogens is 1. The first-order chi connectivity index (χ1) is 13.3. The summed E-state index contributed by atoms with van der Waals surface area (Å²) < 4.78 is 0. The SMILES string of the molecule is CCCCN(CCCNc1ccnc2cc(Cl)ccc12)Cc1ccccc1. The van der Waals surface area contributed by atoms with Crippen molar-refractivity contribution < 1.29 is 0 Å². The summed E-state index contributed by atoms with van der Waals surface area (Å²) in [4.78, 5) is 6.97. The number of aromatic nitrogens is 1. The Balaban J connectivity index is 1.54. The molecule has 0 aliphatic carbocycles. The zero-order valence-corrected chi connectivity index (χ0v) is 16.8. The number of unbranched alkanes of at least 4 members (excludes halogenated alkanes) is 1. The molecule has 0 fully saturated rings. The zero-order valence-electron chi connectivity index (χ0n) is 16.0. The largest absolute Gasteiger partial charge is 0.384 e. The van der Waals surface area contributed by atoms with E-state index < -0.39 is 0 Å². The van der Waals surface area contributed by atoms with Crippen LogP contribution in [0.2, 0.25) is 5.02 Å². The molecule has 0 radical (unpaired) electrons. The third-order valence-electron chi connectivity index (χ3n) is 4.75. The van der Waals surface area contributed by atoms with Crippen molar-refractivity contribution in [1.82, 2.24) is 9.88 Å². The molecule has 142 valence electrons. The van der Waals surface area contributed by atoms with Crippen molar-refractivity contribution in [2.45, 2.75) is 32.7 Å². The van der Waals surface area contributed by atoms with E-state index in [4.69, 9.17) is 11.6 Å². The molecule has 0 spiro atoms. The Labute approximate surface area is 167 Å². The highest BCUT2D eigenvalue weighted by Crippen LogP contribution is 2.24. The summed E-state index contributed by atoms with van der Waals surface area (Å²) in [6.07, 6.45) is 5.42. The van der Waals surface area contributed by atoms with Gasteiger partial charge in [-0.25, -0.2) is 0 Å². The average molecular weight is 382 g/mol. The van der Waals surface area contributed by atoms with Crippen LogP contribution in [-0.4, -0.2) is 29.5 Å². The smallest absolute Gasteiger partial charge is 0.0737 e. The van der Waals surface area contributed by atoms with Crippen LogP contribution in [0.15, 0.2) is 60.8 Å². The van der Waals surface area contributed by atoms with Gasteiger partial charge in [-0.3, -0.25) is 9.88 Å². The zero-order chi connectivity index (χ0) is 18.9. The number of nitrogens with one attached hydrogen (secondary N) is 1. The minimum Gasteiger partial charge on any atom is -0.384 e. The second-order valence-electron chi connectivity index (χ2n) is 6.92. The van der Waals surface area contributed by atoms with Crippen LogP contribution in [0.1, 0.15) is 31.7 Å². The maximum atomic E-state index is 6.07. The standard InChI is InChI=1S/C23H28ClN3/c1-2-3-15-27(18-19-8-5-4-6-9-19)16-7-13-25-22-12-14-26-23-17-20(24)10-11-21(22)23/h4-6,8-12,14,17H,2-3,7,13,15-16,18H2,1H3,(H,25,26). The van der Waals surface area contributed by atoms with Crippen molar-refractivity contribution in [2.24, 2.45) is 0 Å². The van der Waals surface area contributed by atoms with Gasteiger partial charge in [0.1, 0.15) is 0 Å². The monoisotopic (exact) mass is 381 g/mol. The topological polar surface area (TPSA) is 28.2 Å². The lowest BCUT2D eigenvalue weighted by Crippen LogP contribution is -2.27. The minimum absolute atomic E-state index is 0.722. The first-order valence-electron chi connectivity index (χ1n) is 9.80. The first-order valence-corrected chi connectivity index (χ1v) is 10.2. The molecular weight excluding hydrogens is 354 g/mol. The Morgan fingerprint density at radius 1 is 1.00 bits per heavy atom. The fourth-order valence-corrected chi connectivity index (χ4v) is 3.46. The molecule has 27 heavy (non-hydrogen) atoms. The van der Waals surface area contributed by atoms with Gasteiger partial charge in [-0.05, 0) is 49.2 Å². The van der Waals surface area contributed by atoms with Crippen LogP contribution in [-0.2, 0) is 6.54 Å². The normalized spacial score (nSPS) is 11.2. The molecule has 3 aromatic rings. The van der Waals surface area contributed by atoms with Crippen LogP contribution in [0.3, 0.4) is 0 Å². The van der Waals surface area contributed by atoms with E-state index in [-0.39, 0.29) is 0 Å². The fourth-order valence-electron chi connectivity index (χ4n) is 3.29. The van der Waals surface area contributed by atoms with E-state index in [0.29, 0.717) is 0 Å². The molecular formula is C23H28ClN3. The number of hydrogen-bond donors (Lipinski definition) is 1. The van der Waals surface area contributed by atoms with E-state index in [0.717, 1.165) is 54.2 Å². The highest BCUT2D eigenvalue weighted by atomic mass is 35.5. The van der Waals surface area contributed by atoms with Crippen LogP contribution >= 0.6 is 11.6 Å². The number of anilines is 1. The Morgan fingerprint density at radius 3 is 2.63 bits per heavy atom. The quantitative estimate of drug-likeness (QED) is 0.437. The van der Waals surface area contributed by atoms with Crippen molar-refractivity contribution in [3.63, 3.8) is 0 Å².